The van der Waals surface area contributed by atoms with Crippen molar-refractivity contribution in [3.05, 3.63) is 76.9 Å². The number of nitrogens with zero attached hydrogens (tertiary/aromatic N) is 1. The lowest BCUT2D eigenvalue weighted by Gasteiger charge is -2.26. The summed E-state index contributed by atoms with van der Waals surface area (Å²) in [6.07, 6.45) is 3.61. The lowest BCUT2D eigenvalue weighted by molar-refractivity contribution is -0.130. The monoisotopic (exact) mass is 448 g/mol. The summed E-state index contributed by atoms with van der Waals surface area (Å²) in [5.74, 6) is 4.91. The van der Waals surface area contributed by atoms with Crippen molar-refractivity contribution in [2.24, 2.45) is 5.73 Å². The number of nitrogens with one attached hydrogen (secondary N) is 2. The first-order chi connectivity index (χ1) is 16.1. The lowest BCUT2D eigenvalue weighted by Crippen LogP contribution is -2.50. The number of morpholine rings is 1. The number of hydrogen-bond acceptors (Lipinski definition) is 6. The molecule has 0 saturated carbocycles. The summed E-state index contributed by atoms with van der Waals surface area (Å²) >= 11 is 0. The Hall–Kier alpha value is -3.48. The number of hydroxylamine groups is 1. The highest BCUT2D eigenvalue weighted by molar-refractivity contribution is 5.97. The molecule has 1 aliphatic rings. The summed E-state index contributed by atoms with van der Waals surface area (Å²) in [7, 11) is 0. The van der Waals surface area contributed by atoms with E-state index in [-0.39, 0.29) is 6.54 Å². The average Bonchev–Trinajstić information content (AvgIpc) is 2.86. The van der Waals surface area contributed by atoms with E-state index in [4.69, 9.17) is 15.7 Å². The Balaban J connectivity index is 1.51. The maximum Gasteiger partial charge on any atom is 0.267 e. The summed E-state index contributed by atoms with van der Waals surface area (Å²) in [5.41, 5.74) is 10.4. The van der Waals surface area contributed by atoms with Crippen LogP contribution >= 0.6 is 0 Å². The summed E-state index contributed by atoms with van der Waals surface area (Å²) in [6, 6.07) is 14.1. The molecule has 5 N–H and O–H groups in total. The third-order valence-corrected chi connectivity index (χ3v) is 5.18. The molecule has 2 amide bonds. The van der Waals surface area contributed by atoms with Gasteiger partial charge in [-0.25, -0.2) is 5.48 Å². The van der Waals surface area contributed by atoms with Gasteiger partial charge >= 0.3 is 0 Å². The van der Waals surface area contributed by atoms with Gasteiger partial charge in [0, 0.05) is 37.3 Å². The summed E-state index contributed by atoms with van der Waals surface area (Å²) in [5, 5.41) is 11.1. The van der Waals surface area contributed by atoms with Crippen LogP contribution in [0, 0.1) is 11.8 Å². The highest BCUT2D eigenvalue weighted by atomic mass is 16.5. The molecule has 0 radical (unpaired) electrons. The number of allylic oxidation sites excluding steroid dienone is 1. The van der Waals surface area contributed by atoms with Gasteiger partial charge in [-0.2, -0.15) is 0 Å². The van der Waals surface area contributed by atoms with Crippen LogP contribution in [-0.2, 0) is 16.1 Å². The molecule has 3 rings (SSSR count). The number of carbonyl (C=O) groups is 2. The molecule has 1 saturated heterocycles. The molecule has 1 fully saturated rings. The van der Waals surface area contributed by atoms with Crippen LogP contribution < -0.4 is 16.5 Å². The molecule has 172 valence electrons. The number of amides is 2. The Morgan fingerprint density at radius 3 is 2.45 bits per heavy atom. The molecule has 2 aromatic rings. The third kappa shape index (κ3) is 7.56. The van der Waals surface area contributed by atoms with E-state index < -0.39 is 17.9 Å². The molecule has 2 aromatic carbocycles. The van der Waals surface area contributed by atoms with E-state index in [1.165, 1.54) is 11.0 Å². The molecule has 0 bridgehead atoms. The number of rotatable bonds is 7. The van der Waals surface area contributed by atoms with Crippen molar-refractivity contribution in [1.82, 2.24) is 15.7 Å². The molecule has 1 aliphatic heterocycles. The van der Waals surface area contributed by atoms with Gasteiger partial charge in [-0.1, -0.05) is 36.1 Å². The van der Waals surface area contributed by atoms with Crippen LogP contribution in [0.4, 0.5) is 0 Å². The highest BCUT2D eigenvalue weighted by Crippen LogP contribution is 2.09. The number of ether oxygens (including phenoxy) is 1. The Bertz CT molecular complexity index is 1020. The number of hydrogen-bond donors (Lipinski definition) is 4. The smallest absolute Gasteiger partial charge is 0.267 e. The molecule has 8 heteroatoms. The maximum absolute atomic E-state index is 12.2. The van der Waals surface area contributed by atoms with Crippen molar-refractivity contribution in [2.75, 3.05) is 32.8 Å². The largest absolute Gasteiger partial charge is 0.379 e. The van der Waals surface area contributed by atoms with E-state index in [2.05, 4.69) is 34.2 Å². The summed E-state index contributed by atoms with van der Waals surface area (Å²) in [4.78, 5) is 26.0. The Morgan fingerprint density at radius 1 is 1.12 bits per heavy atom. The Morgan fingerprint density at radius 2 is 1.82 bits per heavy atom. The van der Waals surface area contributed by atoms with Crippen molar-refractivity contribution in [3.8, 4) is 11.8 Å². The van der Waals surface area contributed by atoms with E-state index in [0.29, 0.717) is 5.56 Å². The third-order valence-electron chi connectivity index (χ3n) is 5.18. The van der Waals surface area contributed by atoms with Crippen LogP contribution in [0.25, 0.3) is 6.08 Å². The minimum absolute atomic E-state index is 0.131. The predicted octanol–water partition coefficient (Wildman–Crippen LogP) is 1.15. The SMILES string of the molecule is NCC(NC(=O)c1ccc(/C=C/C#Cc2ccc(CN3CCOCC3)cc2)cc1)C(=O)NO. The molecular formula is C25H28N4O4. The zero-order valence-electron chi connectivity index (χ0n) is 18.3. The maximum atomic E-state index is 12.2. The Kier molecular flexibility index (Phi) is 9.18. The fourth-order valence-corrected chi connectivity index (χ4v) is 3.27. The van der Waals surface area contributed by atoms with Gasteiger partial charge < -0.3 is 15.8 Å². The second-order valence-corrected chi connectivity index (χ2v) is 7.55. The molecule has 0 spiro atoms. The van der Waals surface area contributed by atoms with Gasteiger partial charge in [0.05, 0.1) is 13.2 Å². The van der Waals surface area contributed by atoms with E-state index in [1.54, 1.807) is 30.3 Å². The lowest BCUT2D eigenvalue weighted by atomic mass is 10.1. The quantitative estimate of drug-likeness (QED) is 0.287. The fourth-order valence-electron chi connectivity index (χ4n) is 3.27. The molecule has 1 heterocycles. The molecule has 1 atom stereocenters. The highest BCUT2D eigenvalue weighted by Gasteiger charge is 2.19. The molecule has 0 aromatic heterocycles. The van der Waals surface area contributed by atoms with Gasteiger partial charge in [-0.05, 0) is 47.5 Å². The molecule has 33 heavy (non-hydrogen) atoms. The van der Waals surface area contributed by atoms with Gasteiger partial charge in [0.1, 0.15) is 6.04 Å². The number of benzene rings is 2. The average molecular weight is 449 g/mol. The van der Waals surface area contributed by atoms with Crippen LogP contribution in [0.5, 0.6) is 0 Å². The van der Waals surface area contributed by atoms with Gasteiger partial charge in [0.25, 0.3) is 11.8 Å². The summed E-state index contributed by atoms with van der Waals surface area (Å²) < 4.78 is 5.38. The van der Waals surface area contributed by atoms with Crippen LogP contribution in [-0.4, -0.2) is 60.8 Å². The topological polar surface area (TPSA) is 117 Å². The minimum Gasteiger partial charge on any atom is -0.379 e. The van der Waals surface area contributed by atoms with Gasteiger partial charge in [-0.15, -0.1) is 0 Å². The van der Waals surface area contributed by atoms with Gasteiger partial charge in [-0.3, -0.25) is 19.7 Å². The van der Waals surface area contributed by atoms with Gasteiger partial charge in [0.2, 0.25) is 0 Å². The first kappa shape index (κ1) is 24.2. The normalized spacial score (nSPS) is 14.8. The zero-order chi connectivity index (χ0) is 23.5. The second kappa shape index (κ2) is 12.5. The zero-order valence-corrected chi connectivity index (χ0v) is 18.3. The fraction of sp³-hybridized carbons (Fsp3) is 0.280. The molecular weight excluding hydrogens is 420 g/mol. The van der Waals surface area contributed by atoms with E-state index >= 15 is 0 Å². The van der Waals surface area contributed by atoms with Gasteiger partial charge in [0.15, 0.2) is 0 Å². The van der Waals surface area contributed by atoms with Crippen molar-refractivity contribution in [3.63, 3.8) is 0 Å². The van der Waals surface area contributed by atoms with Crippen LogP contribution in [0.1, 0.15) is 27.0 Å². The Labute approximate surface area is 193 Å². The van der Waals surface area contributed by atoms with Crippen molar-refractivity contribution in [2.45, 2.75) is 12.6 Å². The van der Waals surface area contributed by atoms with E-state index in [0.717, 1.165) is 44.0 Å². The van der Waals surface area contributed by atoms with Crippen molar-refractivity contribution >= 4 is 17.9 Å². The molecule has 8 nitrogen and oxygen atoms in total. The van der Waals surface area contributed by atoms with Crippen LogP contribution in [0.15, 0.2) is 54.6 Å². The van der Waals surface area contributed by atoms with E-state index in [1.807, 2.05) is 18.2 Å². The standard InChI is InChI=1S/C25H28N4O4/c26-17-23(25(31)28-32)27-24(30)22-11-9-20(10-12-22)4-2-1-3-19-5-7-21(8-6-19)18-29-13-15-33-16-14-29/h2,4-12,23,32H,13-18,26H2,(H,27,30)(H,28,31)/b4-2+. The predicted molar refractivity (Wildman–Crippen MR) is 125 cm³/mol. The van der Waals surface area contributed by atoms with Crippen LogP contribution in [0.2, 0.25) is 0 Å². The summed E-state index contributed by atoms with van der Waals surface area (Å²) in [6.45, 7) is 4.31. The first-order valence-electron chi connectivity index (χ1n) is 10.7. The first-order valence-corrected chi connectivity index (χ1v) is 10.7. The van der Waals surface area contributed by atoms with E-state index in [9.17, 15) is 9.59 Å². The number of nitrogens with two attached hydrogens (primary N) is 1. The number of carbonyl (C=O) groups excluding carboxylic acids is 2. The minimum atomic E-state index is -1.01. The van der Waals surface area contributed by atoms with Crippen LogP contribution in [0.3, 0.4) is 0 Å². The molecule has 1 unspecified atom stereocenters. The van der Waals surface area contributed by atoms with Crippen molar-refractivity contribution < 1.29 is 19.5 Å². The second-order valence-electron chi connectivity index (χ2n) is 7.55. The van der Waals surface area contributed by atoms with Crippen molar-refractivity contribution in [1.29, 1.82) is 0 Å². The molecule has 0 aliphatic carbocycles.